The Morgan fingerprint density at radius 1 is 1.29 bits per heavy atom. The zero-order valence-corrected chi connectivity index (χ0v) is 19.3. The van der Waals surface area contributed by atoms with Crippen LogP contribution < -0.4 is 15.4 Å². The number of hydrogen-bond acceptors (Lipinski definition) is 6. The number of halogens is 1. The summed E-state index contributed by atoms with van der Waals surface area (Å²) in [5.41, 5.74) is 0.958. The molecule has 2 N–H and O–H groups in total. The zero-order chi connectivity index (χ0) is 19.2. The second kappa shape index (κ2) is 15.7. The monoisotopic (exact) mass is 507 g/mol. The highest BCUT2D eigenvalue weighted by Gasteiger charge is 2.09. The number of nitrogens with one attached hydrogen (secondary N) is 2. The molecule has 0 amide bonds. The van der Waals surface area contributed by atoms with Gasteiger partial charge in [0, 0.05) is 45.0 Å². The van der Waals surface area contributed by atoms with Crippen LogP contribution in [0.2, 0.25) is 0 Å². The van der Waals surface area contributed by atoms with Crippen LogP contribution in [-0.2, 0) is 16.0 Å². The SMILES string of the molecule is CCNC(=NCc1cccnc1OCCOC)NCCCN1CCOCC1.I. The van der Waals surface area contributed by atoms with Gasteiger partial charge >= 0.3 is 0 Å². The maximum absolute atomic E-state index is 5.67. The Hall–Kier alpha value is -1.17. The molecule has 28 heavy (non-hydrogen) atoms. The maximum atomic E-state index is 5.67. The summed E-state index contributed by atoms with van der Waals surface area (Å²) in [5, 5.41) is 6.69. The highest BCUT2D eigenvalue weighted by molar-refractivity contribution is 14.0. The lowest BCUT2D eigenvalue weighted by atomic mass is 10.3. The molecular weight excluding hydrogens is 473 g/mol. The van der Waals surface area contributed by atoms with Gasteiger partial charge in [-0.25, -0.2) is 9.98 Å². The quantitative estimate of drug-likeness (QED) is 0.204. The highest BCUT2D eigenvalue weighted by atomic mass is 127. The molecule has 2 heterocycles. The number of methoxy groups -OCH3 is 1. The van der Waals surface area contributed by atoms with Crippen molar-refractivity contribution in [1.82, 2.24) is 20.5 Å². The topological polar surface area (TPSA) is 80.2 Å². The molecular formula is C19H34IN5O3. The van der Waals surface area contributed by atoms with Gasteiger partial charge in [-0.15, -0.1) is 24.0 Å². The van der Waals surface area contributed by atoms with Crippen LogP contribution in [0.1, 0.15) is 18.9 Å². The van der Waals surface area contributed by atoms with E-state index in [9.17, 15) is 0 Å². The number of nitrogens with zero attached hydrogens (tertiary/aromatic N) is 3. The summed E-state index contributed by atoms with van der Waals surface area (Å²) in [6.07, 6.45) is 2.80. The Bertz CT molecular complexity index is 556. The third-order valence-corrected chi connectivity index (χ3v) is 4.18. The molecule has 2 rings (SSSR count). The van der Waals surface area contributed by atoms with E-state index in [0.717, 1.165) is 63.9 Å². The van der Waals surface area contributed by atoms with Crippen LogP contribution in [0.4, 0.5) is 0 Å². The van der Waals surface area contributed by atoms with Crippen molar-refractivity contribution in [2.45, 2.75) is 19.9 Å². The first-order chi connectivity index (χ1) is 13.3. The van der Waals surface area contributed by atoms with Crippen LogP contribution >= 0.6 is 24.0 Å². The van der Waals surface area contributed by atoms with Crippen LogP contribution in [0.3, 0.4) is 0 Å². The standard InChI is InChI=1S/C19H33N5O3.HI/c1-3-20-19(22-8-5-9-24-10-12-26-13-11-24)23-16-17-6-4-7-21-18(17)27-15-14-25-2;/h4,6-7H,3,5,8-16H2,1-2H3,(H2,20,22,23);1H. The average molecular weight is 507 g/mol. The van der Waals surface area contributed by atoms with Crippen molar-refractivity contribution in [3.63, 3.8) is 0 Å². The summed E-state index contributed by atoms with van der Waals surface area (Å²) in [7, 11) is 1.65. The molecule has 1 fully saturated rings. The summed E-state index contributed by atoms with van der Waals surface area (Å²) in [4.78, 5) is 11.4. The number of guanidine groups is 1. The summed E-state index contributed by atoms with van der Waals surface area (Å²) in [6.45, 7) is 10.1. The number of aromatic nitrogens is 1. The van der Waals surface area contributed by atoms with E-state index in [1.165, 1.54) is 0 Å². The molecule has 9 heteroatoms. The van der Waals surface area contributed by atoms with E-state index in [1.54, 1.807) is 13.3 Å². The van der Waals surface area contributed by atoms with Crippen molar-refractivity contribution in [2.75, 3.05) is 66.3 Å². The maximum Gasteiger partial charge on any atom is 0.218 e. The van der Waals surface area contributed by atoms with Gasteiger partial charge in [-0.1, -0.05) is 6.07 Å². The van der Waals surface area contributed by atoms with E-state index in [2.05, 4.69) is 32.4 Å². The first-order valence-electron chi connectivity index (χ1n) is 9.71. The molecule has 0 atom stereocenters. The highest BCUT2D eigenvalue weighted by Crippen LogP contribution is 2.15. The fourth-order valence-corrected chi connectivity index (χ4v) is 2.74. The van der Waals surface area contributed by atoms with Gasteiger partial charge < -0.3 is 24.8 Å². The van der Waals surface area contributed by atoms with Gasteiger partial charge in [-0.3, -0.25) is 4.90 Å². The second-order valence-corrected chi connectivity index (χ2v) is 6.24. The van der Waals surface area contributed by atoms with Gasteiger partial charge in [0.1, 0.15) is 6.61 Å². The van der Waals surface area contributed by atoms with Crippen LogP contribution in [0, 0.1) is 0 Å². The van der Waals surface area contributed by atoms with Crippen molar-refractivity contribution >= 4 is 29.9 Å². The Morgan fingerprint density at radius 2 is 2.11 bits per heavy atom. The third-order valence-electron chi connectivity index (χ3n) is 4.18. The fourth-order valence-electron chi connectivity index (χ4n) is 2.74. The van der Waals surface area contributed by atoms with Gasteiger partial charge in [0.15, 0.2) is 5.96 Å². The van der Waals surface area contributed by atoms with Gasteiger partial charge in [-0.2, -0.15) is 0 Å². The van der Waals surface area contributed by atoms with Crippen molar-refractivity contribution in [1.29, 1.82) is 0 Å². The smallest absolute Gasteiger partial charge is 0.218 e. The van der Waals surface area contributed by atoms with Crippen LogP contribution in [-0.4, -0.2) is 82.1 Å². The Balaban J connectivity index is 0.00000392. The predicted molar refractivity (Wildman–Crippen MR) is 122 cm³/mol. The minimum absolute atomic E-state index is 0. The van der Waals surface area contributed by atoms with E-state index < -0.39 is 0 Å². The van der Waals surface area contributed by atoms with E-state index in [4.69, 9.17) is 14.2 Å². The minimum atomic E-state index is 0. The summed E-state index contributed by atoms with van der Waals surface area (Å²) < 4.78 is 16.1. The van der Waals surface area contributed by atoms with Crippen molar-refractivity contribution in [2.24, 2.45) is 4.99 Å². The molecule has 1 saturated heterocycles. The third kappa shape index (κ3) is 9.85. The molecule has 0 aromatic carbocycles. The van der Waals surface area contributed by atoms with Gasteiger partial charge in [0.05, 0.1) is 26.4 Å². The van der Waals surface area contributed by atoms with Gasteiger partial charge in [-0.05, 0) is 26.0 Å². The molecule has 0 aliphatic carbocycles. The first kappa shape index (κ1) is 24.9. The Morgan fingerprint density at radius 3 is 2.86 bits per heavy atom. The van der Waals surface area contributed by atoms with E-state index in [-0.39, 0.29) is 24.0 Å². The zero-order valence-electron chi connectivity index (χ0n) is 17.0. The second-order valence-electron chi connectivity index (χ2n) is 6.24. The van der Waals surface area contributed by atoms with E-state index >= 15 is 0 Å². The Kier molecular flexibility index (Phi) is 14.0. The lowest BCUT2D eigenvalue weighted by molar-refractivity contribution is 0.0376. The molecule has 0 bridgehead atoms. The normalized spacial score (nSPS) is 15.0. The summed E-state index contributed by atoms with van der Waals surface area (Å²) in [5.74, 6) is 1.42. The molecule has 1 aromatic heterocycles. The van der Waals surface area contributed by atoms with E-state index in [1.807, 2.05) is 12.1 Å². The molecule has 0 radical (unpaired) electrons. The number of aliphatic imine (C=N–C) groups is 1. The molecule has 0 unspecified atom stereocenters. The lowest BCUT2D eigenvalue weighted by Gasteiger charge is -2.26. The predicted octanol–water partition coefficient (Wildman–Crippen LogP) is 1.50. The molecule has 0 spiro atoms. The molecule has 1 aliphatic rings. The lowest BCUT2D eigenvalue weighted by Crippen LogP contribution is -2.40. The van der Waals surface area contributed by atoms with Crippen molar-refractivity contribution in [3.05, 3.63) is 23.9 Å². The molecule has 160 valence electrons. The molecule has 1 aromatic rings. The van der Waals surface area contributed by atoms with Crippen LogP contribution in [0.25, 0.3) is 0 Å². The van der Waals surface area contributed by atoms with Crippen LogP contribution in [0.5, 0.6) is 5.88 Å². The number of ether oxygens (including phenoxy) is 3. The van der Waals surface area contributed by atoms with Gasteiger partial charge in [0.2, 0.25) is 5.88 Å². The first-order valence-corrected chi connectivity index (χ1v) is 9.71. The number of morpholine rings is 1. The minimum Gasteiger partial charge on any atom is -0.475 e. The number of hydrogen-bond donors (Lipinski definition) is 2. The molecule has 0 saturated carbocycles. The van der Waals surface area contributed by atoms with E-state index in [0.29, 0.717) is 25.6 Å². The van der Waals surface area contributed by atoms with Crippen molar-refractivity contribution < 1.29 is 14.2 Å². The number of rotatable bonds is 11. The Labute approximate surface area is 185 Å². The summed E-state index contributed by atoms with van der Waals surface area (Å²) >= 11 is 0. The molecule has 1 aliphatic heterocycles. The summed E-state index contributed by atoms with van der Waals surface area (Å²) in [6, 6.07) is 3.89. The molecule has 8 nitrogen and oxygen atoms in total. The van der Waals surface area contributed by atoms with Crippen molar-refractivity contribution in [3.8, 4) is 5.88 Å². The number of pyridine rings is 1. The van der Waals surface area contributed by atoms with Gasteiger partial charge in [0.25, 0.3) is 0 Å². The van der Waals surface area contributed by atoms with Crippen LogP contribution in [0.15, 0.2) is 23.3 Å². The fraction of sp³-hybridized carbons (Fsp3) is 0.684. The largest absolute Gasteiger partial charge is 0.475 e. The average Bonchev–Trinajstić information content (AvgIpc) is 2.71.